The molecule has 2 rings (SSSR count). The second-order valence-electron chi connectivity index (χ2n) is 4.43. The predicted octanol–water partition coefficient (Wildman–Crippen LogP) is 2.27. The number of hydrogen-bond acceptors (Lipinski definition) is 2. The third-order valence-corrected chi connectivity index (χ3v) is 2.83. The molecular formula is C14H19N3. The first-order valence-corrected chi connectivity index (χ1v) is 5.89. The molecule has 3 N–H and O–H groups in total. The lowest BCUT2D eigenvalue weighted by Crippen LogP contribution is -2.20. The van der Waals surface area contributed by atoms with Gasteiger partial charge in [-0.3, -0.25) is 0 Å². The fourth-order valence-corrected chi connectivity index (χ4v) is 1.92. The van der Waals surface area contributed by atoms with E-state index in [1.807, 2.05) is 30.5 Å². The van der Waals surface area contributed by atoms with Crippen LogP contribution in [0.25, 0.3) is 0 Å². The van der Waals surface area contributed by atoms with Crippen LogP contribution >= 0.6 is 0 Å². The van der Waals surface area contributed by atoms with Crippen LogP contribution in [-0.2, 0) is 13.0 Å². The Labute approximate surface area is 102 Å². The molecule has 0 radical (unpaired) electrons. The van der Waals surface area contributed by atoms with Gasteiger partial charge in [-0.25, -0.2) is 0 Å². The highest BCUT2D eigenvalue weighted by Crippen LogP contribution is 2.09. The fraction of sp³-hybridized carbons (Fsp3) is 0.286. The van der Waals surface area contributed by atoms with Crippen LogP contribution in [0, 0.1) is 0 Å². The van der Waals surface area contributed by atoms with Crippen LogP contribution in [-0.4, -0.2) is 23.5 Å². The molecule has 3 heteroatoms. The van der Waals surface area contributed by atoms with Crippen molar-refractivity contribution in [3.63, 3.8) is 0 Å². The number of hydrogen-bond donors (Lipinski definition) is 2. The SMILES string of the molecule is CN(CCc1ccc[nH]1)Cc1cccc(N)c1. The smallest absolute Gasteiger partial charge is 0.0317 e. The van der Waals surface area contributed by atoms with E-state index in [2.05, 4.69) is 29.1 Å². The molecule has 17 heavy (non-hydrogen) atoms. The van der Waals surface area contributed by atoms with Crippen LogP contribution in [0.3, 0.4) is 0 Å². The highest BCUT2D eigenvalue weighted by molar-refractivity contribution is 5.40. The van der Waals surface area contributed by atoms with Gasteiger partial charge in [0.2, 0.25) is 0 Å². The quantitative estimate of drug-likeness (QED) is 0.773. The Morgan fingerprint density at radius 3 is 2.82 bits per heavy atom. The molecule has 0 saturated heterocycles. The van der Waals surface area contributed by atoms with Gasteiger partial charge in [-0.1, -0.05) is 12.1 Å². The van der Waals surface area contributed by atoms with Gasteiger partial charge in [0.25, 0.3) is 0 Å². The Kier molecular flexibility index (Phi) is 3.83. The minimum Gasteiger partial charge on any atom is -0.399 e. The van der Waals surface area contributed by atoms with Crippen molar-refractivity contribution in [2.75, 3.05) is 19.3 Å². The molecule has 1 aromatic carbocycles. The lowest BCUT2D eigenvalue weighted by atomic mass is 10.2. The van der Waals surface area contributed by atoms with Crippen LogP contribution in [0.1, 0.15) is 11.3 Å². The van der Waals surface area contributed by atoms with Crippen LogP contribution in [0.2, 0.25) is 0 Å². The molecule has 0 unspecified atom stereocenters. The van der Waals surface area contributed by atoms with Gasteiger partial charge < -0.3 is 15.6 Å². The number of nitrogens with zero attached hydrogens (tertiary/aromatic N) is 1. The van der Waals surface area contributed by atoms with Crippen LogP contribution in [0.15, 0.2) is 42.6 Å². The van der Waals surface area contributed by atoms with Gasteiger partial charge in [-0.2, -0.15) is 0 Å². The van der Waals surface area contributed by atoms with Crippen molar-refractivity contribution in [1.29, 1.82) is 0 Å². The highest BCUT2D eigenvalue weighted by atomic mass is 15.1. The minimum atomic E-state index is 0.834. The zero-order chi connectivity index (χ0) is 12.1. The van der Waals surface area contributed by atoms with Gasteiger partial charge in [0.05, 0.1) is 0 Å². The van der Waals surface area contributed by atoms with Gasteiger partial charge in [0.15, 0.2) is 0 Å². The van der Waals surface area contributed by atoms with Crippen molar-refractivity contribution in [2.24, 2.45) is 0 Å². The summed E-state index contributed by atoms with van der Waals surface area (Å²) in [6.45, 7) is 1.97. The molecule has 2 aromatic rings. The van der Waals surface area contributed by atoms with Gasteiger partial charge >= 0.3 is 0 Å². The second-order valence-corrected chi connectivity index (χ2v) is 4.43. The molecule has 0 amide bonds. The van der Waals surface area contributed by atoms with E-state index in [9.17, 15) is 0 Å². The Hall–Kier alpha value is -1.74. The molecule has 1 aromatic heterocycles. The summed E-state index contributed by atoms with van der Waals surface area (Å²) >= 11 is 0. The van der Waals surface area contributed by atoms with E-state index in [1.165, 1.54) is 11.3 Å². The molecule has 3 nitrogen and oxygen atoms in total. The van der Waals surface area contributed by atoms with E-state index in [-0.39, 0.29) is 0 Å². The van der Waals surface area contributed by atoms with Crippen LogP contribution < -0.4 is 5.73 Å². The summed E-state index contributed by atoms with van der Waals surface area (Å²) in [6.07, 6.45) is 3.01. The summed E-state index contributed by atoms with van der Waals surface area (Å²) in [5, 5.41) is 0. The molecule has 0 saturated carbocycles. The first-order chi connectivity index (χ1) is 8.24. The zero-order valence-corrected chi connectivity index (χ0v) is 10.2. The van der Waals surface area contributed by atoms with E-state index >= 15 is 0 Å². The molecule has 0 bridgehead atoms. The van der Waals surface area contributed by atoms with Gasteiger partial charge in [-0.15, -0.1) is 0 Å². The summed E-state index contributed by atoms with van der Waals surface area (Å²) in [6, 6.07) is 12.2. The lowest BCUT2D eigenvalue weighted by molar-refractivity contribution is 0.330. The molecule has 90 valence electrons. The Balaban J connectivity index is 1.83. The van der Waals surface area contributed by atoms with E-state index in [4.69, 9.17) is 5.73 Å². The van der Waals surface area contributed by atoms with Crippen molar-refractivity contribution >= 4 is 5.69 Å². The van der Waals surface area contributed by atoms with Gasteiger partial charge in [0.1, 0.15) is 0 Å². The number of aromatic nitrogens is 1. The third-order valence-electron chi connectivity index (χ3n) is 2.83. The monoisotopic (exact) mass is 229 g/mol. The molecule has 0 aliphatic carbocycles. The standard InChI is InChI=1S/C14H19N3/c1-17(9-7-14-6-3-8-16-14)11-12-4-2-5-13(15)10-12/h2-6,8,10,16H,7,9,11,15H2,1H3. The maximum Gasteiger partial charge on any atom is 0.0317 e. The van der Waals surface area contributed by atoms with Gasteiger partial charge in [-0.05, 0) is 36.9 Å². The van der Waals surface area contributed by atoms with Crippen molar-refractivity contribution < 1.29 is 0 Å². The predicted molar refractivity (Wildman–Crippen MR) is 71.7 cm³/mol. The first kappa shape index (κ1) is 11.7. The second kappa shape index (κ2) is 5.55. The normalized spacial score (nSPS) is 10.9. The summed E-state index contributed by atoms with van der Waals surface area (Å²) < 4.78 is 0. The number of nitrogens with two attached hydrogens (primary N) is 1. The van der Waals surface area contributed by atoms with Crippen LogP contribution in [0.5, 0.6) is 0 Å². The summed E-state index contributed by atoms with van der Waals surface area (Å²) in [7, 11) is 2.13. The fourth-order valence-electron chi connectivity index (χ4n) is 1.92. The number of nitrogens with one attached hydrogen (secondary N) is 1. The first-order valence-electron chi connectivity index (χ1n) is 5.89. The largest absolute Gasteiger partial charge is 0.399 e. The Morgan fingerprint density at radius 2 is 2.12 bits per heavy atom. The van der Waals surface area contributed by atoms with Crippen molar-refractivity contribution in [1.82, 2.24) is 9.88 Å². The molecule has 0 atom stereocenters. The van der Waals surface area contributed by atoms with E-state index < -0.39 is 0 Å². The third kappa shape index (κ3) is 3.64. The van der Waals surface area contributed by atoms with Crippen molar-refractivity contribution in [2.45, 2.75) is 13.0 Å². The van der Waals surface area contributed by atoms with Crippen molar-refractivity contribution in [3.05, 3.63) is 53.9 Å². The lowest BCUT2D eigenvalue weighted by Gasteiger charge is -2.16. The Morgan fingerprint density at radius 1 is 1.24 bits per heavy atom. The average Bonchev–Trinajstić information content (AvgIpc) is 2.79. The summed E-state index contributed by atoms with van der Waals surface area (Å²) in [4.78, 5) is 5.52. The van der Waals surface area contributed by atoms with Crippen molar-refractivity contribution in [3.8, 4) is 0 Å². The number of aromatic amines is 1. The number of nitrogen functional groups attached to an aromatic ring is 1. The van der Waals surface area contributed by atoms with E-state index in [0.29, 0.717) is 0 Å². The number of benzene rings is 1. The zero-order valence-electron chi connectivity index (χ0n) is 10.2. The maximum atomic E-state index is 5.76. The number of likely N-dealkylation sites (N-methyl/N-ethyl adjacent to an activating group) is 1. The maximum absolute atomic E-state index is 5.76. The molecule has 0 aliphatic rings. The number of anilines is 1. The number of H-pyrrole nitrogens is 1. The molecular weight excluding hydrogens is 210 g/mol. The molecule has 0 aliphatic heterocycles. The molecule has 0 spiro atoms. The summed E-state index contributed by atoms with van der Waals surface area (Å²) in [5.74, 6) is 0. The van der Waals surface area contributed by atoms with Crippen LogP contribution in [0.4, 0.5) is 5.69 Å². The highest BCUT2D eigenvalue weighted by Gasteiger charge is 2.01. The van der Waals surface area contributed by atoms with E-state index in [0.717, 1.165) is 25.2 Å². The Bertz CT molecular complexity index is 448. The number of rotatable bonds is 5. The minimum absolute atomic E-state index is 0.834. The summed E-state index contributed by atoms with van der Waals surface area (Å²) in [5.41, 5.74) is 9.14. The molecule has 0 fully saturated rings. The average molecular weight is 229 g/mol. The topological polar surface area (TPSA) is 45.0 Å². The van der Waals surface area contributed by atoms with Gasteiger partial charge in [0, 0.05) is 37.1 Å². The van der Waals surface area contributed by atoms with E-state index in [1.54, 1.807) is 0 Å². The molecule has 1 heterocycles.